The number of anilines is 1. The van der Waals surface area contributed by atoms with Gasteiger partial charge in [-0.1, -0.05) is 23.3 Å². The molecule has 26 heavy (non-hydrogen) atoms. The number of amides is 1. The Labute approximate surface area is 152 Å². The van der Waals surface area contributed by atoms with E-state index in [2.05, 4.69) is 46.6 Å². The lowest BCUT2D eigenvalue weighted by molar-refractivity contribution is 0.101. The maximum absolute atomic E-state index is 12.5. The van der Waals surface area contributed by atoms with Gasteiger partial charge in [-0.3, -0.25) is 14.8 Å². The maximum atomic E-state index is 12.5. The van der Waals surface area contributed by atoms with Crippen LogP contribution in [0, 0.1) is 20.8 Å². The third-order valence-corrected chi connectivity index (χ3v) is 4.19. The lowest BCUT2D eigenvalue weighted by Crippen LogP contribution is -2.19. The van der Waals surface area contributed by atoms with E-state index in [9.17, 15) is 4.79 Å². The molecule has 3 aromatic rings. The minimum atomic E-state index is -0.319. The molecule has 1 amide bonds. The van der Waals surface area contributed by atoms with Gasteiger partial charge in [-0.2, -0.15) is 5.10 Å². The second kappa shape index (κ2) is 7.11. The molecule has 0 bridgehead atoms. The molecular weight excluding hydrogens is 330 g/mol. The highest BCUT2D eigenvalue weighted by molar-refractivity contribution is 6.01. The Bertz CT molecular complexity index is 939. The molecule has 0 saturated carbocycles. The van der Waals surface area contributed by atoms with Crippen LogP contribution in [0.5, 0.6) is 0 Å². The molecule has 0 aliphatic rings. The van der Waals surface area contributed by atoms with E-state index in [-0.39, 0.29) is 18.0 Å². The predicted molar refractivity (Wildman–Crippen MR) is 98.3 cm³/mol. The Hall–Kier alpha value is -2.96. The number of rotatable bonds is 5. The first-order chi connectivity index (χ1) is 12.3. The molecular formula is C19H23N5O2. The third kappa shape index (κ3) is 3.82. The normalized spacial score (nSPS) is 11.2. The number of nitrogens with zero attached hydrogens (tertiary/aromatic N) is 4. The first-order valence-electron chi connectivity index (χ1n) is 8.59. The zero-order chi connectivity index (χ0) is 18.8. The van der Waals surface area contributed by atoms with Gasteiger partial charge in [0.05, 0.1) is 12.1 Å². The van der Waals surface area contributed by atoms with E-state index < -0.39 is 0 Å². The molecule has 0 fully saturated rings. The van der Waals surface area contributed by atoms with Crippen LogP contribution < -0.4 is 5.32 Å². The van der Waals surface area contributed by atoms with Crippen LogP contribution in [0.1, 0.15) is 58.7 Å². The third-order valence-electron chi connectivity index (χ3n) is 4.19. The van der Waals surface area contributed by atoms with E-state index in [4.69, 9.17) is 4.42 Å². The Morgan fingerprint density at radius 3 is 2.62 bits per heavy atom. The Kier molecular flexibility index (Phi) is 4.88. The van der Waals surface area contributed by atoms with Crippen molar-refractivity contribution in [3.8, 4) is 0 Å². The van der Waals surface area contributed by atoms with E-state index in [0.717, 1.165) is 11.3 Å². The summed E-state index contributed by atoms with van der Waals surface area (Å²) in [5, 5.41) is 14.9. The van der Waals surface area contributed by atoms with Crippen molar-refractivity contribution in [1.82, 2.24) is 20.0 Å². The smallest absolute Gasteiger partial charge is 0.322 e. The second-order valence-electron chi connectivity index (χ2n) is 6.76. The van der Waals surface area contributed by atoms with Crippen LogP contribution in [0.2, 0.25) is 0 Å². The molecule has 0 saturated heterocycles. The SMILES string of the molecule is Cc1cc(C(=O)Nc2nnc(Cc3ccc(C)c(C)c3)o2)n(C(C)C)n1. The summed E-state index contributed by atoms with van der Waals surface area (Å²) in [5.41, 5.74) is 4.79. The van der Waals surface area contributed by atoms with Gasteiger partial charge in [0.15, 0.2) is 0 Å². The van der Waals surface area contributed by atoms with Crippen molar-refractivity contribution in [2.75, 3.05) is 5.32 Å². The number of benzene rings is 1. The topological polar surface area (TPSA) is 85.8 Å². The summed E-state index contributed by atoms with van der Waals surface area (Å²) in [6.45, 7) is 9.93. The van der Waals surface area contributed by atoms with Crippen LogP contribution in [0.3, 0.4) is 0 Å². The summed E-state index contributed by atoms with van der Waals surface area (Å²) in [5.74, 6) is 0.137. The molecule has 2 heterocycles. The first kappa shape index (κ1) is 17.8. The fraction of sp³-hybridized carbons (Fsp3) is 0.368. The van der Waals surface area contributed by atoms with E-state index in [0.29, 0.717) is 18.0 Å². The monoisotopic (exact) mass is 353 g/mol. The summed E-state index contributed by atoms with van der Waals surface area (Å²) >= 11 is 0. The number of hydrogen-bond donors (Lipinski definition) is 1. The molecule has 1 aromatic carbocycles. The number of aromatic nitrogens is 4. The minimum Gasteiger partial charge on any atom is -0.407 e. The summed E-state index contributed by atoms with van der Waals surface area (Å²) in [6.07, 6.45) is 0.521. The predicted octanol–water partition coefficient (Wildman–Crippen LogP) is 3.62. The highest BCUT2D eigenvalue weighted by Crippen LogP contribution is 2.16. The van der Waals surface area contributed by atoms with Gasteiger partial charge in [-0.15, -0.1) is 5.10 Å². The van der Waals surface area contributed by atoms with E-state index in [1.165, 1.54) is 11.1 Å². The fourth-order valence-corrected chi connectivity index (χ4v) is 2.70. The first-order valence-corrected chi connectivity index (χ1v) is 8.59. The van der Waals surface area contributed by atoms with Gasteiger partial charge in [-0.25, -0.2) is 0 Å². The standard InChI is InChI=1S/C19H23N5O2/c1-11(2)24-16(9-14(5)23-24)18(25)20-19-22-21-17(26-19)10-15-7-6-12(3)13(4)8-15/h6-9,11H,10H2,1-5H3,(H,20,22,25). The Balaban J connectivity index is 1.72. The molecule has 0 atom stereocenters. The van der Waals surface area contributed by atoms with Crippen LogP contribution in [0.25, 0.3) is 0 Å². The zero-order valence-electron chi connectivity index (χ0n) is 15.7. The molecule has 2 aromatic heterocycles. The van der Waals surface area contributed by atoms with Gasteiger partial charge in [0.2, 0.25) is 5.89 Å². The molecule has 3 rings (SSSR count). The highest BCUT2D eigenvalue weighted by atomic mass is 16.4. The van der Waals surface area contributed by atoms with E-state index in [1.807, 2.05) is 26.8 Å². The average molecular weight is 353 g/mol. The van der Waals surface area contributed by atoms with Gasteiger partial charge in [-0.05, 0) is 57.4 Å². The van der Waals surface area contributed by atoms with Gasteiger partial charge in [0.1, 0.15) is 5.69 Å². The quantitative estimate of drug-likeness (QED) is 0.757. The lowest BCUT2D eigenvalue weighted by atomic mass is 10.0. The molecule has 136 valence electrons. The summed E-state index contributed by atoms with van der Waals surface area (Å²) < 4.78 is 7.25. The largest absolute Gasteiger partial charge is 0.407 e. The maximum Gasteiger partial charge on any atom is 0.322 e. The van der Waals surface area contributed by atoms with Crippen molar-refractivity contribution in [1.29, 1.82) is 0 Å². The van der Waals surface area contributed by atoms with E-state index in [1.54, 1.807) is 10.7 Å². The molecule has 7 nitrogen and oxygen atoms in total. The van der Waals surface area contributed by atoms with Crippen LogP contribution in [-0.2, 0) is 6.42 Å². The number of nitrogens with one attached hydrogen (secondary N) is 1. The van der Waals surface area contributed by atoms with Crippen molar-refractivity contribution in [3.05, 3.63) is 58.2 Å². The van der Waals surface area contributed by atoms with Crippen LogP contribution >= 0.6 is 0 Å². The summed E-state index contributed by atoms with van der Waals surface area (Å²) in [7, 11) is 0. The Morgan fingerprint density at radius 2 is 1.92 bits per heavy atom. The van der Waals surface area contributed by atoms with Crippen LogP contribution in [-0.4, -0.2) is 25.9 Å². The number of hydrogen-bond acceptors (Lipinski definition) is 5. The number of aryl methyl sites for hydroxylation is 3. The van der Waals surface area contributed by atoms with Gasteiger partial charge in [0.25, 0.3) is 5.91 Å². The average Bonchev–Trinajstić information content (AvgIpc) is 3.17. The minimum absolute atomic E-state index is 0.0764. The summed E-state index contributed by atoms with van der Waals surface area (Å²) in [6, 6.07) is 8.10. The van der Waals surface area contributed by atoms with Gasteiger partial charge >= 0.3 is 6.01 Å². The van der Waals surface area contributed by atoms with Gasteiger partial charge in [0, 0.05) is 6.04 Å². The molecule has 0 unspecified atom stereocenters. The number of carbonyl (C=O) groups excluding carboxylic acids is 1. The highest BCUT2D eigenvalue weighted by Gasteiger charge is 2.18. The van der Waals surface area contributed by atoms with Crippen molar-refractivity contribution >= 4 is 11.9 Å². The van der Waals surface area contributed by atoms with Crippen LogP contribution in [0.4, 0.5) is 6.01 Å². The van der Waals surface area contributed by atoms with E-state index >= 15 is 0 Å². The van der Waals surface area contributed by atoms with Crippen molar-refractivity contribution in [2.45, 2.75) is 47.1 Å². The fourth-order valence-electron chi connectivity index (χ4n) is 2.70. The molecule has 0 aliphatic carbocycles. The van der Waals surface area contributed by atoms with Crippen molar-refractivity contribution in [3.63, 3.8) is 0 Å². The lowest BCUT2D eigenvalue weighted by Gasteiger charge is -2.09. The van der Waals surface area contributed by atoms with Crippen molar-refractivity contribution < 1.29 is 9.21 Å². The van der Waals surface area contributed by atoms with Gasteiger partial charge < -0.3 is 4.42 Å². The van der Waals surface area contributed by atoms with Crippen molar-refractivity contribution in [2.24, 2.45) is 0 Å². The second-order valence-corrected chi connectivity index (χ2v) is 6.76. The summed E-state index contributed by atoms with van der Waals surface area (Å²) in [4.78, 5) is 12.5. The Morgan fingerprint density at radius 1 is 1.15 bits per heavy atom. The molecule has 0 spiro atoms. The van der Waals surface area contributed by atoms with Crippen LogP contribution in [0.15, 0.2) is 28.7 Å². The molecule has 1 N–H and O–H groups in total. The molecule has 7 heteroatoms. The molecule has 0 radical (unpaired) electrons. The zero-order valence-corrected chi connectivity index (χ0v) is 15.7. The molecule has 0 aliphatic heterocycles. The number of carbonyl (C=O) groups is 1.